The summed E-state index contributed by atoms with van der Waals surface area (Å²) in [5.74, 6) is 2.31. The molecule has 2 aromatic rings. The van der Waals surface area contributed by atoms with Crippen LogP contribution in [0.25, 0.3) is 0 Å². The van der Waals surface area contributed by atoms with Crippen molar-refractivity contribution in [1.82, 2.24) is 19.9 Å². The lowest BCUT2D eigenvalue weighted by Gasteiger charge is -2.25. The van der Waals surface area contributed by atoms with Crippen molar-refractivity contribution in [3.8, 4) is 0 Å². The quantitative estimate of drug-likeness (QED) is 0.934. The molecule has 1 fully saturated rings. The second-order valence-electron chi connectivity index (χ2n) is 6.44. The van der Waals surface area contributed by atoms with Gasteiger partial charge in [0, 0.05) is 30.4 Å². The van der Waals surface area contributed by atoms with Crippen molar-refractivity contribution >= 4 is 17.5 Å². The summed E-state index contributed by atoms with van der Waals surface area (Å²) in [6.45, 7) is 6.59. The molecule has 1 aliphatic heterocycles. The molecule has 24 heavy (non-hydrogen) atoms. The molecule has 1 aliphatic rings. The van der Waals surface area contributed by atoms with Crippen LogP contribution < -0.4 is 5.32 Å². The maximum atomic E-state index is 12.4. The van der Waals surface area contributed by atoms with E-state index in [4.69, 9.17) is 0 Å². The highest BCUT2D eigenvalue weighted by atomic mass is 16.2. The average Bonchev–Trinajstić information content (AvgIpc) is 3.04. The van der Waals surface area contributed by atoms with Crippen molar-refractivity contribution in [1.29, 1.82) is 0 Å². The SMILES string of the molecule is Cc1cc(Nc2ccccn2)nc(C2CCCN2C(=O)C(C)C)n1. The van der Waals surface area contributed by atoms with Crippen LogP contribution in [0.15, 0.2) is 30.5 Å². The molecule has 6 nitrogen and oxygen atoms in total. The van der Waals surface area contributed by atoms with Crippen LogP contribution in [0.5, 0.6) is 0 Å². The number of amides is 1. The Hall–Kier alpha value is -2.50. The van der Waals surface area contributed by atoms with Crippen LogP contribution in [-0.4, -0.2) is 32.3 Å². The van der Waals surface area contributed by atoms with Crippen molar-refractivity contribution in [2.75, 3.05) is 11.9 Å². The van der Waals surface area contributed by atoms with E-state index in [0.717, 1.165) is 30.9 Å². The molecule has 0 bridgehead atoms. The van der Waals surface area contributed by atoms with Crippen molar-refractivity contribution in [3.63, 3.8) is 0 Å². The van der Waals surface area contributed by atoms with Gasteiger partial charge in [-0.15, -0.1) is 0 Å². The van der Waals surface area contributed by atoms with Crippen LogP contribution in [0.1, 0.15) is 44.2 Å². The molecule has 0 spiro atoms. The van der Waals surface area contributed by atoms with Crippen LogP contribution in [-0.2, 0) is 4.79 Å². The molecule has 1 N–H and O–H groups in total. The standard InChI is InChI=1S/C18H23N5O/c1-12(2)18(24)23-10-6-7-14(23)17-20-13(3)11-16(22-17)21-15-8-4-5-9-19-15/h4-5,8-9,11-12,14H,6-7,10H2,1-3H3,(H,19,20,21,22). The zero-order valence-electron chi connectivity index (χ0n) is 14.4. The minimum atomic E-state index is -0.0379. The minimum absolute atomic E-state index is 0.0125. The van der Waals surface area contributed by atoms with Crippen LogP contribution in [0.4, 0.5) is 11.6 Å². The Labute approximate surface area is 142 Å². The molecule has 1 saturated heterocycles. The zero-order valence-corrected chi connectivity index (χ0v) is 14.4. The van der Waals surface area contributed by atoms with Crippen LogP contribution in [0.2, 0.25) is 0 Å². The number of aromatic nitrogens is 3. The molecular formula is C18H23N5O. The smallest absolute Gasteiger partial charge is 0.225 e. The molecule has 126 valence electrons. The highest BCUT2D eigenvalue weighted by Crippen LogP contribution is 2.32. The summed E-state index contributed by atoms with van der Waals surface area (Å²) in [6.07, 6.45) is 3.63. The van der Waals surface area contributed by atoms with Crippen LogP contribution in [0.3, 0.4) is 0 Å². The van der Waals surface area contributed by atoms with E-state index in [9.17, 15) is 4.79 Å². The third-order valence-corrected chi connectivity index (χ3v) is 4.12. The average molecular weight is 325 g/mol. The number of nitrogens with one attached hydrogen (secondary N) is 1. The molecule has 0 radical (unpaired) electrons. The second kappa shape index (κ2) is 6.95. The van der Waals surface area contributed by atoms with Gasteiger partial charge in [-0.05, 0) is 31.9 Å². The van der Waals surface area contributed by atoms with Crippen molar-refractivity contribution < 1.29 is 4.79 Å². The van der Waals surface area contributed by atoms with Crippen molar-refractivity contribution in [3.05, 3.63) is 42.0 Å². The molecule has 1 amide bonds. The maximum Gasteiger partial charge on any atom is 0.225 e. The molecule has 3 heterocycles. The molecule has 2 aromatic heterocycles. The number of carbonyl (C=O) groups excluding carboxylic acids is 1. The predicted octanol–water partition coefficient (Wildman–Crippen LogP) is 3.24. The van der Waals surface area contributed by atoms with Crippen LogP contribution >= 0.6 is 0 Å². The van der Waals surface area contributed by atoms with E-state index in [1.807, 2.05) is 49.9 Å². The van der Waals surface area contributed by atoms with Gasteiger partial charge >= 0.3 is 0 Å². The number of hydrogen-bond acceptors (Lipinski definition) is 5. The summed E-state index contributed by atoms with van der Waals surface area (Å²) in [6, 6.07) is 7.53. The van der Waals surface area contributed by atoms with Gasteiger partial charge in [0.15, 0.2) is 5.82 Å². The van der Waals surface area contributed by atoms with Gasteiger partial charge in [0.2, 0.25) is 5.91 Å². The molecule has 3 rings (SSSR count). The van der Waals surface area contributed by atoms with Gasteiger partial charge in [-0.1, -0.05) is 19.9 Å². The summed E-state index contributed by atoms with van der Waals surface area (Å²) < 4.78 is 0. The molecule has 0 aliphatic carbocycles. The van der Waals surface area contributed by atoms with E-state index >= 15 is 0 Å². The van der Waals surface area contributed by atoms with Gasteiger partial charge in [-0.25, -0.2) is 15.0 Å². The molecule has 0 aromatic carbocycles. The fourth-order valence-electron chi connectivity index (χ4n) is 3.00. The Bertz CT molecular complexity index is 717. The number of nitrogens with zero attached hydrogens (tertiary/aromatic N) is 4. The number of likely N-dealkylation sites (tertiary alicyclic amines) is 1. The number of pyridine rings is 1. The first kappa shape index (κ1) is 16.4. The topological polar surface area (TPSA) is 71.0 Å². The summed E-state index contributed by atoms with van der Waals surface area (Å²) in [7, 11) is 0. The predicted molar refractivity (Wildman–Crippen MR) is 92.8 cm³/mol. The largest absolute Gasteiger partial charge is 0.332 e. The molecular weight excluding hydrogens is 302 g/mol. The van der Waals surface area contributed by atoms with E-state index in [1.54, 1.807) is 6.20 Å². The van der Waals surface area contributed by atoms with Gasteiger partial charge in [-0.3, -0.25) is 4.79 Å². The van der Waals surface area contributed by atoms with E-state index in [-0.39, 0.29) is 17.9 Å². The highest BCUT2D eigenvalue weighted by molar-refractivity contribution is 5.78. The third kappa shape index (κ3) is 3.53. The number of aryl methyl sites for hydroxylation is 1. The monoisotopic (exact) mass is 325 g/mol. The fourth-order valence-corrected chi connectivity index (χ4v) is 3.00. The summed E-state index contributed by atoms with van der Waals surface area (Å²) in [5, 5.41) is 3.21. The third-order valence-electron chi connectivity index (χ3n) is 4.12. The number of anilines is 2. The minimum Gasteiger partial charge on any atom is -0.332 e. The first-order valence-electron chi connectivity index (χ1n) is 8.38. The zero-order chi connectivity index (χ0) is 17.1. The number of hydrogen-bond donors (Lipinski definition) is 1. The molecule has 1 atom stereocenters. The summed E-state index contributed by atoms with van der Waals surface area (Å²) >= 11 is 0. The molecule has 1 unspecified atom stereocenters. The molecule has 0 saturated carbocycles. The number of rotatable bonds is 4. The first-order chi connectivity index (χ1) is 11.5. The highest BCUT2D eigenvalue weighted by Gasteiger charge is 2.33. The van der Waals surface area contributed by atoms with Crippen molar-refractivity contribution in [2.24, 2.45) is 5.92 Å². The van der Waals surface area contributed by atoms with Crippen molar-refractivity contribution in [2.45, 2.75) is 39.7 Å². The van der Waals surface area contributed by atoms with E-state index in [2.05, 4.69) is 20.3 Å². The Morgan fingerprint density at radius 3 is 2.83 bits per heavy atom. The Morgan fingerprint density at radius 2 is 2.12 bits per heavy atom. The second-order valence-corrected chi connectivity index (χ2v) is 6.44. The summed E-state index contributed by atoms with van der Waals surface area (Å²) in [5.41, 5.74) is 0.877. The number of carbonyl (C=O) groups is 1. The lowest BCUT2D eigenvalue weighted by atomic mass is 10.1. The fraction of sp³-hybridized carbons (Fsp3) is 0.444. The van der Waals surface area contributed by atoms with Gasteiger partial charge in [-0.2, -0.15) is 0 Å². The molecule has 6 heteroatoms. The summed E-state index contributed by atoms with van der Waals surface area (Å²) in [4.78, 5) is 27.8. The van der Waals surface area contributed by atoms with Crippen LogP contribution in [0, 0.1) is 12.8 Å². The van der Waals surface area contributed by atoms with Gasteiger partial charge in [0.1, 0.15) is 11.6 Å². The van der Waals surface area contributed by atoms with Gasteiger partial charge in [0.05, 0.1) is 6.04 Å². The Kier molecular flexibility index (Phi) is 4.74. The lowest BCUT2D eigenvalue weighted by Crippen LogP contribution is -2.34. The van der Waals surface area contributed by atoms with E-state index in [0.29, 0.717) is 11.6 Å². The lowest BCUT2D eigenvalue weighted by molar-refractivity contribution is -0.135. The Morgan fingerprint density at radius 1 is 1.29 bits per heavy atom. The Balaban J connectivity index is 1.87. The first-order valence-corrected chi connectivity index (χ1v) is 8.38. The van der Waals surface area contributed by atoms with Gasteiger partial charge in [0.25, 0.3) is 0 Å². The van der Waals surface area contributed by atoms with E-state index < -0.39 is 0 Å². The van der Waals surface area contributed by atoms with Gasteiger partial charge < -0.3 is 10.2 Å². The maximum absolute atomic E-state index is 12.4. The van der Waals surface area contributed by atoms with E-state index in [1.165, 1.54) is 0 Å². The normalized spacial score (nSPS) is 17.3.